The van der Waals surface area contributed by atoms with E-state index in [4.69, 9.17) is 0 Å². The topological polar surface area (TPSA) is 0 Å². The summed E-state index contributed by atoms with van der Waals surface area (Å²) >= 11 is 0. The van der Waals surface area contributed by atoms with E-state index in [2.05, 4.69) is 0 Å². The Morgan fingerprint density at radius 3 is 2.90 bits per heavy atom. The number of hydrogen-bond donors (Lipinski definition) is 0. The standard InChI is InChI=1S/C9H11F/c1-8(10)9-6-4-2-3-5-7-9/h2-6,8H,7H2,1H3. The predicted octanol–water partition coefficient (Wildman–Crippen LogP) is 2.79. The molecule has 0 saturated carbocycles. The number of halogens is 1. The highest BCUT2D eigenvalue weighted by Gasteiger charge is 2.03. The molecule has 1 atom stereocenters. The summed E-state index contributed by atoms with van der Waals surface area (Å²) in [6.45, 7) is 1.57. The molecular weight excluding hydrogens is 127 g/mol. The Balaban J connectivity index is 2.68. The Bertz CT molecular complexity index is 185. The SMILES string of the molecule is CC(F)C1=CC=CC=CC1. The van der Waals surface area contributed by atoms with Crippen molar-refractivity contribution in [2.45, 2.75) is 19.5 Å². The maximum Gasteiger partial charge on any atom is 0.119 e. The van der Waals surface area contributed by atoms with Gasteiger partial charge in [0.1, 0.15) is 6.17 Å². The largest absolute Gasteiger partial charge is 0.243 e. The average Bonchev–Trinajstić information content (AvgIpc) is 2.12. The maximum atomic E-state index is 12.6. The molecular formula is C9H11F. The van der Waals surface area contributed by atoms with Crippen LogP contribution in [0.15, 0.2) is 36.0 Å². The molecule has 0 radical (unpaired) electrons. The van der Waals surface area contributed by atoms with Crippen molar-refractivity contribution in [2.75, 3.05) is 0 Å². The first-order chi connectivity index (χ1) is 4.80. The summed E-state index contributed by atoms with van der Waals surface area (Å²) < 4.78 is 12.6. The van der Waals surface area contributed by atoms with Crippen LogP contribution in [0.4, 0.5) is 4.39 Å². The second-order valence-electron chi connectivity index (χ2n) is 2.37. The summed E-state index contributed by atoms with van der Waals surface area (Å²) in [4.78, 5) is 0. The molecule has 0 aromatic carbocycles. The molecule has 0 heterocycles. The second kappa shape index (κ2) is 3.35. The van der Waals surface area contributed by atoms with Crippen LogP contribution in [0, 0.1) is 0 Å². The van der Waals surface area contributed by atoms with Crippen LogP contribution in [0.5, 0.6) is 0 Å². The minimum absolute atomic E-state index is 0.741. The van der Waals surface area contributed by atoms with E-state index in [-0.39, 0.29) is 0 Å². The molecule has 0 nitrogen and oxygen atoms in total. The lowest BCUT2D eigenvalue weighted by atomic mass is 10.1. The highest BCUT2D eigenvalue weighted by molar-refractivity contribution is 5.25. The number of rotatable bonds is 1. The predicted molar refractivity (Wildman–Crippen MR) is 41.6 cm³/mol. The molecule has 0 spiro atoms. The van der Waals surface area contributed by atoms with Gasteiger partial charge in [-0.15, -0.1) is 0 Å². The van der Waals surface area contributed by atoms with E-state index in [1.54, 1.807) is 6.92 Å². The summed E-state index contributed by atoms with van der Waals surface area (Å²) in [6.07, 6.45) is 9.45. The van der Waals surface area contributed by atoms with Gasteiger partial charge < -0.3 is 0 Å². The Morgan fingerprint density at radius 2 is 2.20 bits per heavy atom. The number of alkyl halides is 1. The van der Waals surface area contributed by atoms with Gasteiger partial charge in [-0.25, -0.2) is 4.39 Å². The van der Waals surface area contributed by atoms with Gasteiger partial charge in [-0.05, 0) is 18.9 Å². The van der Waals surface area contributed by atoms with Gasteiger partial charge in [0.05, 0.1) is 0 Å². The summed E-state index contributed by atoms with van der Waals surface area (Å²) in [5.74, 6) is 0. The lowest BCUT2D eigenvalue weighted by Crippen LogP contribution is -1.96. The molecule has 1 aliphatic rings. The van der Waals surface area contributed by atoms with Crippen molar-refractivity contribution < 1.29 is 4.39 Å². The molecule has 1 rings (SSSR count). The van der Waals surface area contributed by atoms with Crippen LogP contribution in [-0.4, -0.2) is 6.17 Å². The van der Waals surface area contributed by atoms with Gasteiger partial charge in [0.2, 0.25) is 0 Å². The van der Waals surface area contributed by atoms with Crippen molar-refractivity contribution in [3.63, 3.8) is 0 Å². The maximum absolute atomic E-state index is 12.6. The Labute approximate surface area is 60.7 Å². The zero-order valence-electron chi connectivity index (χ0n) is 6.05. The minimum Gasteiger partial charge on any atom is -0.243 e. The van der Waals surface area contributed by atoms with E-state index in [9.17, 15) is 4.39 Å². The second-order valence-corrected chi connectivity index (χ2v) is 2.37. The Hall–Kier alpha value is -0.850. The van der Waals surface area contributed by atoms with Crippen molar-refractivity contribution in [3.8, 4) is 0 Å². The molecule has 0 aromatic heterocycles. The summed E-state index contributed by atoms with van der Waals surface area (Å²) in [6, 6.07) is 0. The monoisotopic (exact) mass is 138 g/mol. The van der Waals surface area contributed by atoms with E-state index in [1.807, 2.05) is 30.4 Å². The van der Waals surface area contributed by atoms with E-state index >= 15 is 0 Å². The first kappa shape index (κ1) is 7.26. The quantitative estimate of drug-likeness (QED) is 0.522. The average molecular weight is 138 g/mol. The van der Waals surface area contributed by atoms with Gasteiger partial charge >= 0.3 is 0 Å². The van der Waals surface area contributed by atoms with Gasteiger partial charge in [0.25, 0.3) is 0 Å². The molecule has 0 saturated heterocycles. The summed E-state index contributed by atoms with van der Waals surface area (Å²) in [5.41, 5.74) is 0.852. The lowest BCUT2D eigenvalue weighted by molar-refractivity contribution is 0.407. The molecule has 10 heavy (non-hydrogen) atoms. The molecule has 0 aromatic rings. The van der Waals surface area contributed by atoms with Gasteiger partial charge in [0.15, 0.2) is 0 Å². The van der Waals surface area contributed by atoms with Crippen LogP contribution in [0.1, 0.15) is 13.3 Å². The van der Waals surface area contributed by atoms with Gasteiger partial charge in [-0.1, -0.05) is 30.4 Å². The van der Waals surface area contributed by atoms with E-state index < -0.39 is 6.17 Å². The third-order valence-electron chi connectivity index (χ3n) is 1.53. The first-order valence-electron chi connectivity index (χ1n) is 3.47. The van der Waals surface area contributed by atoms with Crippen molar-refractivity contribution >= 4 is 0 Å². The summed E-state index contributed by atoms with van der Waals surface area (Å²) in [7, 11) is 0. The summed E-state index contributed by atoms with van der Waals surface area (Å²) in [5, 5.41) is 0. The molecule has 1 heteroatoms. The van der Waals surface area contributed by atoms with E-state index in [1.165, 1.54) is 0 Å². The molecule has 0 N–H and O–H groups in total. The number of hydrogen-bond acceptors (Lipinski definition) is 0. The van der Waals surface area contributed by atoms with Crippen molar-refractivity contribution in [1.82, 2.24) is 0 Å². The number of allylic oxidation sites excluding steroid dienone is 6. The fourth-order valence-electron chi connectivity index (χ4n) is 0.889. The molecule has 0 amide bonds. The van der Waals surface area contributed by atoms with Gasteiger partial charge in [0, 0.05) is 0 Å². The normalized spacial score (nSPS) is 20.0. The van der Waals surface area contributed by atoms with Crippen LogP contribution in [-0.2, 0) is 0 Å². The van der Waals surface area contributed by atoms with Crippen molar-refractivity contribution in [1.29, 1.82) is 0 Å². The minimum atomic E-state index is -0.813. The van der Waals surface area contributed by atoms with Gasteiger partial charge in [-0.2, -0.15) is 0 Å². The van der Waals surface area contributed by atoms with Crippen LogP contribution in [0.25, 0.3) is 0 Å². The van der Waals surface area contributed by atoms with Crippen molar-refractivity contribution in [3.05, 3.63) is 36.0 Å². The van der Waals surface area contributed by atoms with Gasteiger partial charge in [-0.3, -0.25) is 0 Å². The first-order valence-corrected chi connectivity index (χ1v) is 3.47. The van der Waals surface area contributed by atoms with Crippen LogP contribution in [0.2, 0.25) is 0 Å². The fourth-order valence-corrected chi connectivity index (χ4v) is 0.889. The third-order valence-corrected chi connectivity index (χ3v) is 1.53. The molecule has 1 unspecified atom stereocenters. The van der Waals surface area contributed by atoms with Crippen LogP contribution in [0.3, 0.4) is 0 Å². The van der Waals surface area contributed by atoms with E-state index in [0.29, 0.717) is 0 Å². The Kier molecular flexibility index (Phi) is 2.43. The zero-order chi connectivity index (χ0) is 7.40. The van der Waals surface area contributed by atoms with Crippen LogP contribution >= 0.6 is 0 Å². The zero-order valence-corrected chi connectivity index (χ0v) is 6.05. The molecule has 54 valence electrons. The Morgan fingerprint density at radius 1 is 1.40 bits per heavy atom. The molecule has 0 aliphatic heterocycles. The lowest BCUT2D eigenvalue weighted by Gasteiger charge is -2.02. The third kappa shape index (κ3) is 1.83. The smallest absolute Gasteiger partial charge is 0.119 e. The van der Waals surface area contributed by atoms with E-state index in [0.717, 1.165) is 12.0 Å². The highest BCUT2D eigenvalue weighted by Crippen LogP contribution is 2.13. The van der Waals surface area contributed by atoms with Crippen LogP contribution < -0.4 is 0 Å². The molecule has 0 bridgehead atoms. The molecule has 0 fully saturated rings. The fraction of sp³-hybridized carbons (Fsp3) is 0.333. The molecule has 1 aliphatic carbocycles. The highest BCUT2D eigenvalue weighted by atomic mass is 19.1. The van der Waals surface area contributed by atoms with Crippen molar-refractivity contribution in [2.24, 2.45) is 0 Å².